The van der Waals surface area contributed by atoms with E-state index in [1.807, 2.05) is 30.3 Å². The normalized spacial score (nSPS) is 14.0. The van der Waals surface area contributed by atoms with E-state index in [2.05, 4.69) is 20.9 Å². The lowest BCUT2D eigenvalue weighted by Crippen LogP contribution is -2.50. The van der Waals surface area contributed by atoms with Crippen molar-refractivity contribution in [2.45, 2.75) is 31.4 Å². The first-order valence-corrected chi connectivity index (χ1v) is 11.8. The molecule has 18 heteroatoms. The van der Waals surface area contributed by atoms with Crippen molar-refractivity contribution in [1.82, 2.24) is 20.9 Å². The van der Waals surface area contributed by atoms with Crippen LogP contribution in [0, 0.1) is 0 Å². The van der Waals surface area contributed by atoms with E-state index in [0.29, 0.717) is 13.0 Å². The van der Waals surface area contributed by atoms with E-state index in [1.54, 1.807) is 12.1 Å². The van der Waals surface area contributed by atoms with Gasteiger partial charge in [0.25, 0.3) is 5.91 Å². The summed E-state index contributed by atoms with van der Waals surface area (Å²) < 4.78 is 68.6. The summed E-state index contributed by atoms with van der Waals surface area (Å²) >= 11 is 0. The minimum absolute atomic E-state index is 0. The lowest BCUT2D eigenvalue weighted by atomic mass is 10.1. The van der Waals surface area contributed by atoms with Crippen LogP contribution in [0.2, 0.25) is 0 Å². The number of furan rings is 1. The van der Waals surface area contributed by atoms with Crippen molar-refractivity contribution in [2.24, 2.45) is 0 Å². The standard InChI is InChI=1S/C20H26N4O3.2C2HF3O2.H2S/c25-19(22-15-16-5-2-1-3-6-16)17(8-11-24-12-9-21-10-13-24)23-20(26)18-7-4-14-27-18;2*3-2(4,5)1(6)7;/h1-7,14,17,21H,8-13,15H2,(H,22,25)(H,23,26);2*(H,6,7);1H2/t17-;;;/m0.../s1. The Kier molecular flexibility index (Phi) is 16.9. The van der Waals surface area contributed by atoms with Crippen LogP contribution in [0.25, 0.3) is 0 Å². The third-order valence-corrected chi connectivity index (χ3v) is 5.10. The molecule has 1 fully saturated rings. The fraction of sp³-hybridized carbons (Fsp3) is 0.417. The molecule has 236 valence electrons. The predicted octanol–water partition coefficient (Wildman–Crippen LogP) is 2.37. The number of nitrogens with zero attached hydrogens (tertiary/aromatic N) is 1. The fourth-order valence-corrected chi connectivity index (χ4v) is 3.06. The number of hydrogen-bond acceptors (Lipinski definition) is 7. The molecule has 0 aliphatic carbocycles. The Morgan fingerprint density at radius 2 is 1.43 bits per heavy atom. The van der Waals surface area contributed by atoms with Gasteiger partial charge in [0, 0.05) is 39.3 Å². The van der Waals surface area contributed by atoms with Crippen molar-refractivity contribution in [2.75, 3.05) is 32.7 Å². The second-order valence-corrected chi connectivity index (χ2v) is 8.19. The predicted molar refractivity (Wildman–Crippen MR) is 140 cm³/mol. The van der Waals surface area contributed by atoms with Gasteiger partial charge in [0.05, 0.1) is 6.26 Å². The number of aliphatic carboxylic acids is 2. The van der Waals surface area contributed by atoms with E-state index in [0.717, 1.165) is 38.3 Å². The summed E-state index contributed by atoms with van der Waals surface area (Å²) in [6.45, 7) is 4.98. The molecule has 5 N–H and O–H groups in total. The van der Waals surface area contributed by atoms with Gasteiger partial charge < -0.3 is 35.5 Å². The van der Waals surface area contributed by atoms with Crippen molar-refractivity contribution in [3.05, 3.63) is 60.1 Å². The van der Waals surface area contributed by atoms with E-state index in [-0.39, 0.29) is 31.1 Å². The molecule has 11 nitrogen and oxygen atoms in total. The summed E-state index contributed by atoms with van der Waals surface area (Å²) in [6, 6.07) is 12.3. The average Bonchev–Trinajstić information content (AvgIpc) is 3.46. The van der Waals surface area contributed by atoms with E-state index in [4.69, 9.17) is 24.2 Å². The number of nitrogens with one attached hydrogen (secondary N) is 3. The van der Waals surface area contributed by atoms with Gasteiger partial charge in [0.2, 0.25) is 5.91 Å². The molecule has 1 aliphatic rings. The van der Waals surface area contributed by atoms with Crippen LogP contribution in [0.15, 0.2) is 53.1 Å². The summed E-state index contributed by atoms with van der Waals surface area (Å²) in [6.07, 6.45) is -8.17. The Balaban J connectivity index is 0.000000933. The number of carbonyl (C=O) groups excluding carboxylic acids is 2. The van der Waals surface area contributed by atoms with Crippen molar-refractivity contribution in [3.8, 4) is 0 Å². The third-order valence-electron chi connectivity index (χ3n) is 5.10. The molecule has 1 atom stereocenters. The van der Waals surface area contributed by atoms with Crippen LogP contribution in [0.4, 0.5) is 26.3 Å². The van der Waals surface area contributed by atoms with E-state index in [9.17, 15) is 35.9 Å². The number of rotatable bonds is 8. The van der Waals surface area contributed by atoms with Gasteiger partial charge in [-0.05, 0) is 24.1 Å². The van der Waals surface area contributed by atoms with Crippen LogP contribution >= 0.6 is 13.5 Å². The molecule has 0 unspecified atom stereocenters. The summed E-state index contributed by atoms with van der Waals surface area (Å²) in [4.78, 5) is 45.1. The van der Waals surface area contributed by atoms with Crippen molar-refractivity contribution in [3.63, 3.8) is 0 Å². The Labute approximate surface area is 242 Å². The first-order chi connectivity index (χ1) is 19.1. The molecular formula is C24H30F6N4O7S. The summed E-state index contributed by atoms with van der Waals surface area (Å²) in [5, 5.41) is 23.3. The number of piperazine rings is 1. The maximum atomic E-state index is 12.7. The first kappa shape index (κ1) is 38.2. The molecule has 2 heterocycles. The molecule has 1 saturated heterocycles. The maximum Gasteiger partial charge on any atom is 0.490 e. The van der Waals surface area contributed by atoms with E-state index >= 15 is 0 Å². The number of carbonyl (C=O) groups is 4. The van der Waals surface area contributed by atoms with Gasteiger partial charge >= 0.3 is 24.3 Å². The van der Waals surface area contributed by atoms with Gasteiger partial charge in [0.1, 0.15) is 6.04 Å². The van der Waals surface area contributed by atoms with Crippen LogP contribution in [0.5, 0.6) is 0 Å². The molecule has 42 heavy (non-hydrogen) atoms. The van der Waals surface area contributed by atoms with Crippen LogP contribution in [-0.4, -0.2) is 90.0 Å². The van der Waals surface area contributed by atoms with Crippen molar-refractivity contribution < 1.29 is 60.2 Å². The molecule has 2 aromatic rings. The largest absolute Gasteiger partial charge is 0.490 e. The SMILES string of the molecule is O=C(N[C@@H](CCN1CCNCC1)C(=O)NCc1ccccc1)c1ccco1.O=C(O)C(F)(F)F.O=C(O)C(F)(F)F.S. The number of benzene rings is 1. The average molecular weight is 633 g/mol. The van der Waals surface area contributed by atoms with Crippen LogP contribution in [0.3, 0.4) is 0 Å². The molecule has 1 aromatic carbocycles. The lowest BCUT2D eigenvalue weighted by Gasteiger charge is -2.28. The van der Waals surface area contributed by atoms with Gasteiger partial charge in [-0.2, -0.15) is 39.8 Å². The monoisotopic (exact) mass is 632 g/mol. The molecule has 1 aromatic heterocycles. The Morgan fingerprint density at radius 1 is 0.905 bits per heavy atom. The Bertz CT molecular complexity index is 1070. The summed E-state index contributed by atoms with van der Waals surface area (Å²) in [5.41, 5.74) is 1.02. The molecule has 3 rings (SSSR count). The van der Waals surface area contributed by atoms with Gasteiger partial charge in [-0.25, -0.2) is 9.59 Å². The smallest absolute Gasteiger partial charge is 0.475 e. The van der Waals surface area contributed by atoms with Crippen molar-refractivity contribution >= 4 is 37.2 Å². The minimum Gasteiger partial charge on any atom is -0.475 e. The zero-order chi connectivity index (χ0) is 31.1. The Morgan fingerprint density at radius 3 is 1.88 bits per heavy atom. The quantitative estimate of drug-likeness (QED) is 0.275. The highest BCUT2D eigenvalue weighted by Gasteiger charge is 2.38. The van der Waals surface area contributed by atoms with Gasteiger partial charge in [-0.15, -0.1) is 0 Å². The summed E-state index contributed by atoms with van der Waals surface area (Å²) in [7, 11) is 0. The molecule has 0 saturated carbocycles. The molecule has 1 aliphatic heterocycles. The maximum absolute atomic E-state index is 12.7. The van der Waals surface area contributed by atoms with E-state index in [1.165, 1.54) is 6.26 Å². The number of alkyl halides is 6. The third kappa shape index (κ3) is 15.9. The second kappa shape index (κ2) is 18.6. The van der Waals surface area contributed by atoms with Crippen LogP contribution < -0.4 is 16.0 Å². The first-order valence-electron chi connectivity index (χ1n) is 11.8. The number of carboxylic acids is 2. The molecule has 0 radical (unpaired) electrons. The van der Waals surface area contributed by atoms with Crippen LogP contribution in [0.1, 0.15) is 22.5 Å². The van der Waals surface area contributed by atoms with E-state index < -0.39 is 30.3 Å². The number of halogens is 6. The zero-order valence-corrected chi connectivity index (χ0v) is 22.8. The zero-order valence-electron chi connectivity index (χ0n) is 21.8. The number of carboxylic acid groups (broad SMARTS) is 2. The highest BCUT2D eigenvalue weighted by Crippen LogP contribution is 2.13. The molecule has 0 bridgehead atoms. The summed E-state index contributed by atoms with van der Waals surface area (Å²) in [5.74, 6) is -5.87. The number of amides is 2. The van der Waals surface area contributed by atoms with Gasteiger partial charge in [-0.1, -0.05) is 30.3 Å². The fourth-order valence-electron chi connectivity index (χ4n) is 3.06. The highest BCUT2D eigenvalue weighted by atomic mass is 32.1. The van der Waals surface area contributed by atoms with Crippen LogP contribution in [-0.2, 0) is 20.9 Å². The minimum atomic E-state index is -5.08. The second-order valence-electron chi connectivity index (χ2n) is 8.19. The molecular weight excluding hydrogens is 602 g/mol. The topological polar surface area (TPSA) is 161 Å². The number of hydrogen-bond donors (Lipinski definition) is 5. The lowest BCUT2D eigenvalue weighted by molar-refractivity contribution is -0.193. The molecule has 0 spiro atoms. The Hall–Kier alpha value is -3.77. The highest BCUT2D eigenvalue weighted by molar-refractivity contribution is 7.59. The molecule has 2 amide bonds. The van der Waals surface area contributed by atoms with Gasteiger partial charge in [0.15, 0.2) is 5.76 Å². The van der Waals surface area contributed by atoms with Crippen molar-refractivity contribution in [1.29, 1.82) is 0 Å². The van der Waals surface area contributed by atoms with Gasteiger partial charge in [-0.3, -0.25) is 9.59 Å².